The SMILES string of the molecule is CC(=O)N1CCC(Nc2cccc(CO)c2)CC1. The van der Waals surface area contributed by atoms with Gasteiger partial charge in [-0.25, -0.2) is 0 Å². The average Bonchev–Trinajstić information content (AvgIpc) is 2.39. The maximum atomic E-state index is 11.2. The molecule has 1 aliphatic heterocycles. The molecule has 1 aromatic carbocycles. The molecule has 2 N–H and O–H groups in total. The van der Waals surface area contributed by atoms with E-state index in [-0.39, 0.29) is 12.5 Å². The monoisotopic (exact) mass is 248 g/mol. The third kappa shape index (κ3) is 3.23. The number of aliphatic hydroxyl groups is 1. The first kappa shape index (κ1) is 12.9. The Hall–Kier alpha value is -1.55. The number of carbonyl (C=O) groups excluding carboxylic acids is 1. The van der Waals surface area contributed by atoms with Crippen molar-refractivity contribution in [2.75, 3.05) is 18.4 Å². The standard InChI is InChI=1S/C14H20N2O2/c1-11(18)16-7-5-13(6-8-16)15-14-4-2-3-12(9-14)10-17/h2-4,9,13,15,17H,5-8,10H2,1H3. The summed E-state index contributed by atoms with van der Waals surface area (Å²) in [5.41, 5.74) is 1.96. The first-order valence-corrected chi connectivity index (χ1v) is 6.41. The highest BCUT2D eigenvalue weighted by Crippen LogP contribution is 2.17. The summed E-state index contributed by atoms with van der Waals surface area (Å²) in [5, 5.41) is 12.6. The van der Waals surface area contributed by atoms with E-state index in [0.29, 0.717) is 6.04 Å². The normalized spacial score (nSPS) is 16.7. The van der Waals surface area contributed by atoms with Gasteiger partial charge >= 0.3 is 0 Å². The molecule has 1 aliphatic rings. The summed E-state index contributed by atoms with van der Waals surface area (Å²) in [6, 6.07) is 8.24. The van der Waals surface area contributed by atoms with Crippen molar-refractivity contribution >= 4 is 11.6 Å². The summed E-state index contributed by atoms with van der Waals surface area (Å²) in [7, 11) is 0. The van der Waals surface area contributed by atoms with Crippen molar-refractivity contribution in [1.82, 2.24) is 4.90 Å². The van der Waals surface area contributed by atoms with E-state index in [4.69, 9.17) is 5.11 Å². The molecule has 98 valence electrons. The molecule has 0 unspecified atom stereocenters. The van der Waals surface area contributed by atoms with E-state index in [1.165, 1.54) is 0 Å². The Labute approximate surface area is 108 Å². The van der Waals surface area contributed by atoms with Crippen LogP contribution in [0.1, 0.15) is 25.3 Å². The Morgan fingerprint density at radius 1 is 1.44 bits per heavy atom. The van der Waals surface area contributed by atoms with Crippen LogP contribution in [0.2, 0.25) is 0 Å². The van der Waals surface area contributed by atoms with E-state index in [9.17, 15) is 4.79 Å². The number of amides is 1. The van der Waals surface area contributed by atoms with Gasteiger partial charge in [-0.15, -0.1) is 0 Å². The molecule has 0 atom stereocenters. The van der Waals surface area contributed by atoms with Crippen LogP contribution in [0.15, 0.2) is 24.3 Å². The third-order valence-electron chi connectivity index (χ3n) is 3.42. The molecule has 1 aromatic rings. The second kappa shape index (κ2) is 5.87. The molecule has 1 fully saturated rings. The lowest BCUT2D eigenvalue weighted by molar-refractivity contribution is -0.129. The van der Waals surface area contributed by atoms with Crippen molar-refractivity contribution < 1.29 is 9.90 Å². The van der Waals surface area contributed by atoms with Gasteiger partial charge in [0.15, 0.2) is 0 Å². The number of benzene rings is 1. The Kier molecular flexibility index (Phi) is 4.20. The first-order chi connectivity index (χ1) is 8.69. The van der Waals surface area contributed by atoms with Gasteiger partial charge < -0.3 is 15.3 Å². The quantitative estimate of drug-likeness (QED) is 0.854. The summed E-state index contributed by atoms with van der Waals surface area (Å²) in [6.07, 6.45) is 1.95. The van der Waals surface area contributed by atoms with E-state index in [1.54, 1.807) is 6.92 Å². The number of hydrogen-bond acceptors (Lipinski definition) is 3. The molecule has 0 saturated carbocycles. The fraction of sp³-hybridized carbons (Fsp3) is 0.500. The van der Waals surface area contributed by atoms with Crippen LogP contribution >= 0.6 is 0 Å². The molecule has 1 amide bonds. The van der Waals surface area contributed by atoms with Crippen LogP contribution in [-0.4, -0.2) is 35.0 Å². The first-order valence-electron chi connectivity index (χ1n) is 6.41. The smallest absolute Gasteiger partial charge is 0.219 e. The van der Waals surface area contributed by atoms with Gasteiger partial charge in [0, 0.05) is 31.7 Å². The number of piperidine rings is 1. The molecule has 0 bridgehead atoms. The lowest BCUT2D eigenvalue weighted by Crippen LogP contribution is -2.41. The Morgan fingerprint density at radius 3 is 2.78 bits per heavy atom. The zero-order valence-corrected chi connectivity index (χ0v) is 10.7. The molecule has 4 heteroatoms. The summed E-state index contributed by atoms with van der Waals surface area (Å²) >= 11 is 0. The van der Waals surface area contributed by atoms with E-state index < -0.39 is 0 Å². The van der Waals surface area contributed by atoms with Gasteiger partial charge in [-0.3, -0.25) is 4.79 Å². The number of carbonyl (C=O) groups is 1. The van der Waals surface area contributed by atoms with Crippen LogP contribution in [0, 0.1) is 0 Å². The summed E-state index contributed by atoms with van der Waals surface area (Å²) in [5.74, 6) is 0.163. The highest BCUT2D eigenvalue weighted by Gasteiger charge is 2.20. The van der Waals surface area contributed by atoms with Gasteiger partial charge in [0.25, 0.3) is 0 Å². The molecule has 4 nitrogen and oxygen atoms in total. The van der Waals surface area contributed by atoms with Crippen molar-refractivity contribution in [3.63, 3.8) is 0 Å². The number of likely N-dealkylation sites (tertiary alicyclic amines) is 1. The van der Waals surface area contributed by atoms with Crippen LogP contribution in [0.4, 0.5) is 5.69 Å². The van der Waals surface area contributed by atoms with Crippen molar-refractivity contribution in [2.24, 2.45) is 0 Å². The van der Waals surface area contributed by atoms with Crippen molar-refractivity contribution in [3.8, 4) is 0 Å². The Bertz CT molecular complexity index is 412. The van der Waals surface area contributed by atoms with E-state index in [1.807, 2.05) is 29.2 Å². The Balaban J connectivity index is 1.89. The van der Waals surface area contributed by atoms with Crippen molar-refractivity contribution in [2.45, 2.75) is 32.4 Å². The molecule has 0 aliphatic carbocycles. The van der Waals surface area contributed by atoms with Gasteiger partial charge in [-0.05, 0) is 30.5 Å². The van der Waals surface area contributed by atoms with E-state index in [2.05, 4.69) is 5.32 Å². The predicted octanol–water partition coefficient (Wildman–Crippen LogP) is 1.60. The second-order valence-corrected chi connectivity index (χ2v) is 4.78. The Morgan fingerprint density at radius 2 is 2.17 bits per heavy atom. The zero-order valence-electron chi connectivity index (χ0n) is 10.7. The molecular formula is C14H20N2O2. The minimum Gasteiger partial charge on any atom is -0.392 e. The fourth-order valence-corrected chi connectivity index (χ4v) is 2.33. The van der Waals surface area contributed by atoms with Crippen LogP contribution < -0.4 is 5.32 Å². The summed E-state index contributed by atoms with van der Waals surface area (Å²) in [6.45, 7) is 3.34. The fourth-order valence-electron chi connectivity index (χ4n) is 2.33. The molecule has 2 rings (SSSR count). The lowest BCUT2D eigenvalue weighted by Gasteiger charge is -2.32. The minimum absolute atomic E-state index is 0.0678. The number of anilines is 1. The molecular weight excluding hydrogens is 228 g/mol. The molecule has 1 saturated heterocycles. The maximum Gasteiger partial charge on any atom is 0.219 e. The van der Waals surface area contributed by atoms with E-state index in [0.717, 1.165) is 37.2 Å². The molecule has 1 heterocycles. The highest BCUT2D eigenvalue weighted by molar-refractivity contribution is 5.73. The van der Waals surface area contributed by atoms with Gasteiger partial charge in [-0.2, -0.15) is 0 Å². The number of hydrogen-bond donors (Lipinski definition) is 2. The number of nitrogens with zero attached hydrogens (tertiary/aromatic N) is 1. The van der Waals surface area contributed by atoms with Crippen LogP contribution in [0.25, 0.3) is 0 Å². The lowest BCUT2D eigenvalue weighted by atomic mass is 10.0. The second-order valence-electron chi connectivity index (χ2n) is 4.78. The van der Waals surface area contributed by atoms with Gasteiger partial charge in [0.1, 0.15) is 0 Å². The van der Waals surface area contributed by atoms with Gasteiger partial charge in [-0.1, -0.05) is 12.1 Å². The molecule has 0 radical (unpaired) electrons. The van der Waals surface area contributed by atoms with Crippen LogP contribution in [0.5, 0.6) is 0 Å². The van der Waals surface area contributed by atoms with Crippen molar-refractivity contribution in [1.29, 1.82) is 0 Å². The topological polar surface area (TPSA) is 52.6 Å². The number of nitrogens with one attached hydrogen (secondary N) is 1. The number of aliphatic hydroxyl groups excluding tert-OH is 1. The third-order valence-corrected chi connectivity index (χ3v) is 3.42. The number of rotatable bonds is 3. The predicted molar refractivity (Wildman–Crippen MR) is 71.3 cm³/mol. The molecule has 0 spiro atoms. The highest BCUT2D eigenvalue weighted by atomic mass is 16.3. The van der Waals surface area contributed by atoms with Crippen LogP contribution in [0.3, 0.4) is 0 Å². The zero-order chi connectivity index (χ0) is 13.0. The van der Waals surface area contributed by atoms with Crippen molar-refractivity contribution in [3.05, 3.63) is 29.8 Å². The maximum absolute atomic E-state index is 11.2. The minimum atomic E-state index is 0.0678. The summed E-state index contributed by atoms with van der Waals surface area (Å²) in [4.78, 5) is 13.1. The van der Waals surface area contributed by atoms with E-state index >= 15 is 0 Å². The molecule has 0 aromatic heterocycles. The van der Waals surface area contributed by atoms with Gasteiger partial charge in [0.05, 0.1) is 6.61 Å². The summed E-state index contributed by atoms with van der Waals surface area (Å²) < 4.78 is 0. The van der Waals surface area contributed by atoms with Crippen LogP contribution in [-0.2, 0) is 11.4 Å². The van der Waals surface area contributed by atoms with Gasteiger partial charge in [0.2, 0.25) is 5.91 Å². The average molecular weight is 248 g/mol. The molecule has 18 heavy (non-hydrogen) atoms. The largest absolute Gasteiger partial charge is 0.392 e.